The summed E-state index contributed by atoms with van der Waals surface area (Å²) in [5.74, 6) is -0.823. The number of aromatic nitrogens is 3. The molecule has 4 aromatic rings. The highest BCUT2D eigenvalue weighted by molar-refractivity contribution is 6.05. The van der Waals surface area contributed by atoms with Gasteiger partial charge in [0, 0.05) is 41.3 Å². The molecule has 3 amide bonds. The Labute approximate surface area is 228 Å². The molecule has 2 aromatic heterocycles. The lowest BCUT2D eigenvalue weighted by molar-refractivity contribution is -0.376. The van der Waals surface area contributed by atoms with Gasteiger partial charge in [-0.3, -0.25) is 4.79 Å². The van der Waals surface area contributed by atoms with Crippen molar-refractivity contribution >= 4 is 29.0 Å². The Morgan fingerprint density at radius 1 is 0.951 bits per heavy atom. The van der Waals surface area contributed by atoms with Gasteiger partial charge in [0.25, 0.3) is 11.5 Å². The monoisotopic (exact) mass is 580 g/mol. The molecule has 0 atom stereocenters. The molecular weight excluding hydrogens is 558 g/mol. The van der Waals surface area contributed by atoms with Crippen LogP contribution in [0.25, 0.3) is 16.9 Å². The van der Waals surface area contributed by atoms with Crippen molar-refractivity contribution in [3.05, 3.63) is 77.6 Å². The van der Waals surface area contributed by atoms with Crippen molar-refractivity contribution in [1.29, 1.82) is 0 Å². The average molecular weight is 580 g/mol. The molecule has 4 rings (SSSR count). The third kappa shape index (κ3) is 5.52. The van der Waals surface area contributed by atoms with Gasteiger partial charge in [0.05, 0.1) is 11.4 Å². The van der Waals surface area contributed by atoms with E-state index in [1.54, 1.807) is 44.3 Å². The van der Waals surface area contributed by atoms with Gasteiger partial charge in [-0.2, -0.15) is 31.4 Å². The summed E-state index contributed by atoms with van der Waals surface area (Å²) < 4.78 is 80.4. The van der Waals surface area contributed by atoms with Gasteiger partial charge in [0.15, 0.2) is 5.65 Å². The van der Waals surface area contributed by atoms with Crippen molar-refractivity contribution < 1.29 is 41.0 Å². The number of carbonyl (C=O) groups is 2. The topological polar surface area (TPSA) is 121 Å². The van der Waals surface area contributed by atoms with Crippen LogP contribution in [0.4, 0.5) is 42.5 Å². The zero-order valence-corrected chi connectivity index (χ0v) is 21.4. The van der Waals surface area contributed by atoms with Crippen molar-refractivity contribution in [2.45, 2.75) is 31.8 Å². The number of benzene rings is 2. The molecule has 2 aromatic carbocycles. The van der Waals surface area contributed by atoms with Crippen LogP contribution in [-0.2, 0) is 5.60 Å². The van der Waals surface area contributed by atoms with E-state index in [1.807, 2.05) is 0 Å². The molecule has 2 heterocycles. The number of nitrogens with zero attached hydrogens (tertiary/aromatic N) is 3. The highest BCUT2D eigenvalue weighted by Crippen LogP contribution is 2.50. The largest absolute Gasteiger partial charge is 0.430 e. The van der Waals surface area contributed by atoms with Crippen molar-refractivity contribution in [2.24, 2.45) is 0 Å². The molecule has 0 aliphatic carbocycles. The van der Waals surface area contributed by atoms with E-state index in [2.05, 4.69) is 26.0 Å². The molecule has 0 bridgehead atoms. The third-order valence-corrected chi connectivity index (χ3v) is 6.19. The molecule has 0 saturated heterocycles. The maximum absolute atomic E-state index is 13.2. The van der Waals surface area contributed by atoms with Gasteiger partial charge < -0.3 is 21.1 Å². The Morgan fingerprint density at radius 2 is 1.61 bits per heavy atom. The molecule has 41 heavy (non-hydrogen) atoms. The van der Waals surface area contributed by atoms with Crippen LogP contribution in [0.1, 0.15) is 28.4 Å². The predicted molar refractivity (Wildman–Crippen MR) is 136 cm³/mol. The van der Waals surface area contributed by atoms with E-state index in [9.17, 15) is 41.0 Å². The fourth-order valence-electron chi connectivity index (χ4n) is 4.06. The van der Waals surface area contributed by atoms with Crippen molar-refractivity contribution in [2.75, 3.05) is 17.2 Å². The summed E-state index contributed by atoms with van der Waals surface area (Å²) >= 11 is 0. The fourth-order valence-corrected chi connectivity index (χ4v) is 4.06. The molecule has 0 spiro atoms. The Morgan fingerprint density at radius 3 is 2.22 bits per heavy atom. The minimum absolute atomic E-state index is 0.253. The van der Waals surface area contributed by atoms with Crippen LogP contribution in [0.15, 0.2) is 60.9 Å². The standard InChI is InChI=1S/C26H22F6N6O3/c1-3-33-23(40)36-20-13-19(37-38-12-11-34-21(20)38)17-5-4-6-18(14(17)2)35-22(39)15-7-9-16(10-8-15)24(41,25(27,28)29)26(30,31)32/h4-13,41H,3H2,1-2H3,(H,35,39)(H2,33,36,40). The first-order valence-corrected chi connectivity index (χ1v) is 11.9. The van der Waals surface area contributed by atoms with Crippen LogP contribution in [0.3, 0.4) is 0 Å². The van der Waals surface area contributed by atoms with Crippen molar-refractivity contribution in [3.63, 3.8) is 0 Å². The number of amides is 3. The lowest BCUT2D eigenvalue weighted by Crippen LogP contribution is -2.53. The lowest BCUT2D eigenvalue weighted by Gasteiger charge is -2.32. The van der Waals surface area contributed by atoms with E-state index in [4.69, 9.17) is 0 Å². The summed E-state index contributed by atoms with van der Waals surface area (Å²) in [6, 6.07) is 8.27. The maximum atomic E-state index is 13.2. The SMILES string of the molecule is CCNC(=O)Nc1cc(-c2cccc(NC(=O)c3ccc(C(O)(C(F)(F)F)C(F)(F)F)cc3)c2C)nn2ccnc12. The minimum Gasteiger partial charge on any atom is -0.369 e. The summed E-state index contributed by atoms with van der Waals surface area (Å²) in [6.07, 6.45) is -9.02. The molecule has 0 aliphatic heterocycles. The van der Waals surface area contributed by atoms with Crippen LogP contribution in [0.5, 0.6) is 0 Å². The van der Waals surface area contributed by atoms with E-state index in [0.29, 0.717) is 46.8 Å². The number of rotatable bonds is 6. The van der Waals surface area contributed by atoms with E-state index < -0.39 is 35.5 Å². The van der Waals surface area contributed by atoms with E-state index in [-0.39, 0.29) is 11.3 Å². The number of halogens is 6. The fraction of sp³-hybridized carbons (Fsp3) is 0.231. The second kappa shape index (κ2) is 10.7. The van der Waals surface area contributed by atoms with Gasteiger partial charge in [-0.1, -0.05) is 24.3 Å². The average Bonchev–Trinajstić information content (AvgIpc) is 3.37. The number of hydrogen-bond acceptors (Lipinski definition) is 5. The van der Waals surface area contributed by atoms with Crippen LogP contribution in [-0.4, -0.2) is 50.5 Å². The molecule has 216 valence electrons. The van der Waals surface area contributed by atoms with E-state index >= 15 is 0 Å². The van der Waals surface area contributed by atoms with Crippen LogP contribution >= 0.6 is 0 Å². The summed E-state index contributed by atoms with van der Waals surface area (Å²) in [5, 5.41) is 21.9. The molecule has 0 radical (unpaired) electrons. The third-order valence-electron chi connectivity index (χ3n) is 6.19. The zero-order chi connectivity index (χ0) is 30.2. The van der Waals surface area contributed by atoms with E-state index in [1.165, 1.54) is 10.7 Å². The summed E-state index contributed by atoms with van der Waals surface area (Å²) in [4.78, 5) is 29.2. The maximum Gasteiger partial charge on any atom is 0.430 e. The number of hydrogen-bond donors (Lipinski definition) is 4. The number of anilines is 2. The quantitative estimate of drug-likeness (QED) is 0.227. The number of aliphatic hydroxyl groups is 1. The molecule has 0 saturated carbocycles. The van der Waals surface area contributed by atoms with Crippen LogP contribution in [0.2, 0.25) is 0 Å². The van der Waals surface area contributed by atoms with Crippen molar-refractivity contribution in [3.8, 4) is 11.3 Å². The number of imidazole rings is 1. The lowest BCUT2D eigenvalue weighted by atomic mass is 9.91. The molecule has 9 nitrogen and oxygen atoms in total. The van der Waals surface area contributed by atoms with Crippen LogP contribution < -0.4 is 16.0 Å². The minimum atomic E-state index is -6.05. The Bertz CT molecular complexity index is 1580. The molecule has 15 heteroatoms. The molecule has 4 N–H and O–H groups in total. The summed E-state index contributed by atoms with van der Waals surface area (Å²) in [5.41, 5.74) is -4.34. The first-order valence-electron chi connectivity index (χ1n) is 11.9. The second-order valence-corrected chi connectivity index (χ2v) is 8.84. The van der Waals surface area contributed by atoms with Crippen LogP contribution in [0, 0.1) is 6.92 Å². The van der Waals surface area contributed by atoms with Gasteiger partial charge in [0.2, 0.25) is 0 Å². The molecule has 0 unspecified atom stereocenters. The van der Waals surface area contributed by atoms with Gasteiger partial charge in [-0.25, -0.2) is 14.3 Å². The van der Waals surface area contributed by atoms with Gasteiger partial charge in [0.1, 0.15) is 0 Å². The predicted octanol–water partition coefficient (Wildman–Crippen LogP) is 5.41. The zero-order valence-electron chi connectivity index (χ0n) is 21.4. The second-order valence-electron chi connectivity index (χ2n) is 8.84. The first-order chi connectivity index (χ1) is 19.2. The summed E-state index contributed by atoms with van der Waals surface area (Å²) in [6.45, 7) is 3.81. The van der Waals surface area contributed by atoms with Gasteiger partial charge in [-0.15, -0.1) is 0 Å². The molecule has 0 fully saturated rings. The molecular formula is C26H22F6N6O3. The van der Waals surface area contributed by atoms with Crippen molar-refractivity contribution in [1.82, 2.24) is 19.9 Å². The first kappa shape index (κ1) is 29.3. The summed E-state index contributed by atoms with van der Waals surface area (Å²) in [7, 11) is 0. The Hall–Kier alpha value is -4.66. The highest BCUT2D eigenvalue weighted by Gasteiger charge is 2.71. The number of carbonyl (C=O) groups excluding carboxylic acids is 2. The van der Waals surface area contributed by atoms with Gasteiger partial charge >= 0.3 is 18.4 Å². The highest BCUT2D eigenvalue weighted by atomic mass is 19.4. The number of nitrogens with one attached hydrogen (secondary N) is 3. The Kier molecular flexibility index (Phi) is 7.67. The molecule has 0 aliphatic rings. The number of fused-ring (bicyclic) bond motifs is 1. The number of alkyl halides is 6. The van der Waals surface area contributed by atoms with Gasteiger partial charge in [-0.05, 0) is 43.7 Å². The smallest absolute Gasteiger partial charge is 0.369 e. The normalized spacial score (nSPS) is 12.3. The Balaban J connectivity index is 1.63. The van der Waals surface area contributed by atoms with E-state index in [0.717, 1.165) is 12.1 Å². The number of urea groups is 1.